The third-order valence-corrected chi connectivity index (χ3v) is 5.86. The fourth-order valence-corrected chi connectivity index (χ4v) is 4.14. The second-order valence-corrected chi connectivity index (χ2v) is 7.78. The number of aryl methyl sites for hydroxylation is 1. The number of likely N-dealkylation sites (tertiary alicyclic amines) is 1. The first kappa shape index (κ1) is 19.5. The smallest absolute Gasteiger partial charge is 0.257 e. The summed E-state index contributed by atoms with van der Waals surface area (Å²) in [4.78, 5) is 29.2. The Morgan fingerprint density at radius 1 is 1.10 bits per heavy atom. The van der Waals surface area contributed by atoms with Gasteiger partial charge >= 0.3 is 0 Å². The number of benzene rings is 2. The van der Waals surface area contributed by atoms with Gasteiger partial charge in [-0.2, -0.15) is 0 Å². The molecule has 2 aromatic carbocycles. The zero-order chi connectivity index (χ0) is 20.4. The average Bonchev–Trinajstić information content (AvgIpc) is 2.76. The van der Waals surface area contributed by atoms with Gasteiger partial charge in [0.2, 0.25) is 0 Å². The number of anilines is 1. The van der Waals surface area contributed by atoms with Crippen LogP contribution in [0.2, 0.25) is 0 Å². The Labute approximate surface area is 171 Å². The van der Waals surface area contributed by atoms with Crippen LogP contribution in [0.15, 0.2) is 48.5 Å². The molecule has 2 amide bonds. The van der Waals surface area contributed by atoms with Crippen molar-refractivity contribution in [1.82, 2.24) is 4.90 Å². The number of piperidine rings is 1. The first-order valence-corrected chi connectivity index (χ1v) is 9.95. The number of methoxy groups -OCH3 is 1. The molecular weight excluding hydrogens is 368 g/mol. The van der Waals surface area contributed by atoms with E-state index < -0.39 is 5.60 Å². The number of hydrogen-bond acceptors (Lipinski definition) is 4. The van der Waals surface area contributed by atoms with E-state index >= 15 is 0 Å². The second-order valence-electron chi connectivity index (χ2n) is 7.78. The minimum atomic E-state index is -0.406. The molecule has 2 aliphatic heterocycles. The number of amides is 2. The molecular formula is C23H26N2O4. The van der Waals surface area contributed by atoms with E-state index in [-0.39, 0.29) is 18.4 Å². The van der Waals surface area contributed by atoms with Crippen LogP contribution < -0.4 is 9.64 Å². The number of ether oxygens (including phenoxy) is 2. The summed E-state index contributed by atoms with van der Waals surface area (Å²) in [6.07, 6.45) is 1.40. The van der Waals surface area contributed by atoms with Gasteiger partial charge in [0.15, 0.2) is 0 Å². The van der Waals surface area contributed by atoms with Gasteiger partial charge in [-0.1, -0.05) is 29.8 Å². The van der Waals surface area contributed by atoms with Crippen molar-refractivity contribution in [1.29, 1.82) is 0 Å². The van der Waals surface area contributed by atoms with Crippen molar-refractivity contribution in [3.63, 3.8) is 0 Å². The number of morpholine rings is 1. The molecule has 152 valence electrons. The number of nitrogens with zero attached hydrogens (tertiary/aromatic N) is 2. The first-order chi connectivity index (χ1) is 14.0. The molecule has 1 spiro atoms. The largest absolute Gasteiger partial charge is 0.496 e. The third kappa shape index (κ3) is 3.85. The molecule has 0 aromatic heterocycles. The lowest BCUT2D eigenvalue weighted by Crippen LogP contribution is -2.59. The van der Waals surface area contributed by atoms with Gasteiger partial charge in [0.1, 0.15) is 12.4 Å². The summed E-state index contributed by atoms with van der Waals surface area (Å²) in [7, 11) is 1.58. The van der Waals surface area contributed by atoms with Gasteiger partial charge in [-0.15, -0.1) is 0 Å². The fraction of sp³-hybridized carbons (Fsp3) is 0.391. The van der Waals surface area contributed by atoms with E-state index in [1.807, 2.05) is 65.3 Å². The Bertz CT molecular complexity index is 904. The highest BCUT2D eigenvalue weighted by molar-refractivity contribution is 5.97. The van der Waals surface area contributed by atoms with Gasteiger partial charge in [0.25, 0.3) is 11.8 Å². The van der Waals surface area contributed by atoms with Crippen LogP contribution in [0.4, 0.5) is 5.69 Å². The average molecular weight is 394 g/mol. The van der Waals surface area contributed by atoms with Gasteiger partial charge in [-0.05, 0) is 44.0 Å². The van der Waals surface area contributed by atoms with Crippen molar-refractivity contribution in [3.05, 3.63) is 59.7 Å². The highest BCUT2D eigenvalue weighted by Gasteiger charge is 2.43. The van der Waals surface area contributed by atoms with Crippen molar-refractivity contribution in [2.75, 3.05) is 38.3 Å². The lowest BCUT2D eigenvalue weighted by molar-refractivity contribution is -0.143. The van der Waals surface area contributed by atoms with E-state index in [4.69, 9.17) is 9.47 Å². The molecule has 6 heteroatoms. The van der Waals surface area contributed by atoms with Crippen LogP contribution in [0, 0.1) is 6.92 Å². The Hall–Kier alpha value is -2.86. The van der Waals surface area contributed by atoms with E-state index in [0.29, 0.717) is 43.8 Å². The Balaban J connectivity index is 1.47. The molecule has 4 rings (SSSR count). The van der Waals surface area contributed by atoms with Crippen LogP contribution in [0.25, 0.3) is 0 Å². The predicted molar refractivity (Wildman–Crippen MR) is 110 cm³/mol. The van der Waals surface area contributed by atoms with E-state index in [2.05, 4.69) is 0 Å². The lowest BCUT2D eigenvalue weighted by Gasteiger charge is -2.47. The maximum atomic E-state index is 13.1. The Morgan fingerprint density at radius 3 is 2.52 bits per heavy atom. The highest BCUT2D eigenvalue weighted by atomic mass is 16.5. The molecule has 2 fully saturated rings. The number of rotatable bonds is 3. The molecule has 0 unspecified atom stereocenters. The van der Waals surface area contributed by atoms with Gasteiger partial charge in [-0.25, -0.2) is 0 Å². The monoisotopic (exact) mass is 394 g/mol. The molecule has 0 radical (unpaired) electrons. The zero-order valence-electron chi connectivity index (χ0n) is 16.9. The highest BCUT2D eigenvalue weighted by Crippen LogP contribution is 2.34. The minimum Gasteiger partial charge on any atom is -0.496 e. The summed E-state index contributed by atoms with van der Waals surface area (Å²) >= 11 is 0. The van der Waals surface area contributed by atoms with Crippen LogP contribution in [-0.2, 0) is 9.53 Å². The summed E-state index contributed by atoms with van der Waals surface area (Å²) in [5.74, 6) is 0.549. The van der Waals surface area contributed by atoms with Gasteiger partial charge < -0.3 is 19.3 Å². The SMILES string of the molecule is COc1ccc(C)cc1C(=O)N1CCC2(CC1)CN(c1ccccc1)C(=O)CO2. The van der Waals surface area contributed by atoms with Crippen LogP contribution in [0.3, 0.4) is 0 Å². The Kier molecular flexibility index (Phi) is 5.28. The summed E-state index contributed by atoms with van der Waals surface area (Å²) in [6.45, 7) is 3.74. The third-order valence-electron chi connectivity index (χ3n) is 5.86. The Morgan fingerprint density at radius 2 is 1.83 bits per heavy atom. The van der Waals surface area contributed by atoms with Crippen molar-refractivity contribution in [2.45, 2.75) is 25.4 Å². The van der Waals surface area contributed by atoms with Gasteiger partial charge in [0, 0.05) is 18.8 Å². The summed E-state index contributed by atoms with van der Waals surface area (Å²) in [5, 5.41) is 0. The number of carbonyl (C=O) groups excluding carboxylic acids is 2. The number of hydrogen-bond donors (Lipinski definition) is 0. The summed E-state index contributed by atoms with van der Waals surface area (Å²) in [6, 6.07) is 15.3. The van der Waals surface area contributed by atoms with Crippen LogP contribution in [0.5, 0.6) is 5.75 Å². The molecule has 0 atom stereocenters. The van der Waals surface area contributed by atoms with Crippen molar-refractivity contribution in [2.24, 2.45) is 0 Å². The molecule has 29 heavy (non-hydrogen) atoms. The molecule has 2 aromatic rings. The van der Waals surface area contributed by atoms with Crippen LogP contribution >= 0.6 is 0 Å². The zero-order valence-corrected chi connectivity index (χ0v) is 16.9. The van der Waals surface area contributed by atoms with E-state index in [1.54, 1.807) is 7.11 Å². The normalized spacial score (nSPS) is 18.8. The summed E-state index contributed by atoms with van der Waals surface area (Å²) < 4.78 is 11.4. The molecule has 6 nitrogen and oxygen atoms in total. The maximum absolute atomic E-state index is 13.1. The molecule has 0 N–H and O–H groups in total. The van der Waals surface area contributed by atoms with Crippen molar-refractivity contribution >= 4 is 17.5 Å². The quantitative estimate of drug-likeness (QED) is 0.803. The predicted octanol–water partition coefficient (Wildman–Crippen LogP) is 3.04. The first-order valence-electron chi connectivity index (χ1n) is 9.95. The molecule has 2 heterocycles. The molecule has 0 aliphatic carbocycles. The van der Waals surface area contributed by atoms with Crippen LogP contribution in [0.1, 0.15) is 28.8 Å². The molecule has 2 saturated heterocycles. The molecule has 2 aliphatic rings. The van der Waals surface area contributed by atoms with E-state index in [9.17, 15) is 9.59 Å². The number of para-hydroxylation sites is 1. The molecule has 0 bridgehead atoms. The van der Waals surface area contributed by atoms with Crippen molar-refractivity contribution in [3.8, 4) is 5.75 Å². The molecule has 0 saturated carbocycles. The fourth-order valence-electron chi connectivity index (χ4n) is 4.14. The van der Waals surface area contributed by atoms with Crippen LogP contribution in [-0.4, -0.2) is 55.7 Å². The van der Waals surface area contributed by atoms with Gasteiger partial charge in [0.05, 0.1) is 24.8 Å². The van der Waals surface area contributed by atoms with E-state index in [0.717, 1.165) is 11.3 Å². The lowest BCUT2D eigenvalue weighted by atomic mass is 9.88. The second kappa shape index (κ2) is 7.87. The van der Waals surface area contributed by atoms with E-state index in [1.165, 1.54) is 0 Å². The standard InChI is InChI=1S/C23H26N2O4/c1-17-8-9-20(28-2)19(14-17)22(27)24-12-10-23(11-13-24)16-25(21(26)15-29-23)18-6-4-3-5-7-18/h3-9,14H,10-13,15-16H2,1-2H3. The summed E-state index contributed by atoms with van der Waals surface area (Å²) in [5.41, 5.74) is 2.10. The van der Waals surface area contributed by atoms with Gasteiger partial charge in [-0.3, -0.25) is 9.59 Å². The van der Waals surface area contributed by atoms with Crippen molar-refractivity contribution < 1.29 is 19.1 Å². The topological polar surface area (TPSA) is 59.1 Å². The number of carbonyl (C=O) groups is 2. The minimum absolute atomic E-state index is 0.0211. The maximum Gasteiger partial charge on any atom is 0.257 e.